The van der Waals surface area contributed by atoms with Crippen molar-refractivity contribution < 1.29 is 28.6 Å². The van der Waals surface area contributed by atoms with E-state index in [2.05, 4.69) is 16.2 Å². The van der Waals surface area contributed by atoms with Crippen LogP contribution in [0.15, 0.2) is 66.7 Å². The van der Waals surface area contributed by atoms with Gasteiger partial charge in [0.2, 0.25) is 5.75 Å². The minimum absolute atomic E-state index is 0.189. The zero-order valence-corrected chi connectivity index (χ0v) is 18.3. The summed E-state index contributed by atoms with van der Waals surface area (Å²) in [6.07, 6.45) is 0. The van der Waals surface area contributed by atoms with Crippen molar-refractivity contribution in [1.82, 2.24) is 10.9 Å². The number of hydrogen-bond donors (Lipinski definition) is 3. The predicted molar refractivity (Wildman–Crippen MR) is 122 cm³/mol. The van der Waals surface area contributed by atoms with Crippen molar-refractivity contribution in [3.63, 3.8) is 0 Å². The highest BCUT2D eigenvalue weighted by atomic mass is 16.5. The Bertz CT molecular complexity index is 1140. The minimum Gasteiger partial charge on any atom is -0.493 e. The molecule has 3 aromatic rings. The van der Waals surface area contributed by atoms with Gasteiger partial charge < -0.3 is 19.5 Å². The molecule has 0 aromatic heterocycles. The summed E-state index contributed by atoms with van der Waals surface area (Å²) in [6, 6.07) is 18.0. The Balaban J connectivity index is 1.67. The van der Waals surface area contributed by atoms with Gasteiger partial charge in [0.15, 0.2) is 11.5 Å². The molecule has 0 bridgehead atoms. The third-order valence-electron chi connectivity index (χ3n) is 4.64. The SMILES string of the molecule is COc1cc(C(=O)NNC(=O)c2cccc(NC(=O)c3ccccc3)c2)cc(OC)c1OC. The maximum Gasteiger partial charge on any atom is 0.269 e. The van der Waals surface area contributed by atoms with Crippen LogP contribution in [0.1, 0.15) is 31.1 Å². The van der Waals surface area contributed by atoms with Crippen LogP contribution in [0, 0.1) is 0 Å². The number of hydrogen-bond acceptors (Lipinski definition) is 6. The lowest BCUT2D eigenvalue weighted by molar-refractivity contribution is 0.0846. The molecule has 3 rings (SSSR count). The number of hydrazine groups is 1. The van der Waals surface area contributed by atoms with Crippen molar-refractivity contribution in [1.29, 1.82) is 0 Å². The second kappa shape index (κ2) is 10.7. The molecule has 0 fully saturated rings. The van der Waals surface area contributed by atoms with E-state index in [1.165, 1.54) is 39.5 Å². The lowest BCUT2D eigenvalue weighted by Crippen LogP contribution is -2.41. The summed E-state index contributed by atoms with van der Waals surface area (Å²) >= 11 is 0. The van der Waals surface area contributed by atoms with Gasteiger partial charge in [-0.15, -0.1) is 0 Å². The van der Waals surface area contributed by atoms with Gasteiger partial charge in [0, 0.05) is 22.4 Å². The van der Waals surface area contributed by atoms with Crippen molar-refractivity contribution in [2.45, 2.75) is 0 Å². The van der Waals surface area contributed by atoms with Gasteiger partial charge in [0.25, 0.3) is 17.7 Å². The third kappa shape index (κ3) is 5.59. The summed E-state index contributed by atoms with van der Waals surface area (Å²) in [5.74, 6) is -0.507. The average Bonchev–Trinajstić information content (AvgIpc) is 2.86. The van der Waals surface area contributed by atoms with E-state index in [0.29, 0.717) is 28.5 Å². The molecule has 0 aliphatic carbocycles. The standard InChI is InChI=1S/C24H23N3O6/c1-31-19-13-17(14-20(32-2)21(19)33-3)24(30)27-26-23(29)16-10-7-11-18(12-16)25-22(28)15-8-5-4-6-9-15/h4-14H,1-3H3,(H,25,28)(H,26,29)(H,27,30). The number of benzene rings is 3. The maximum atomic E-state index is 12.6. The minimum atomic E-state index is -0.587. The summed E-state index contributed by atoms with van der Waals surface area (Å²) in [6.45, 7) is 0. The first kappa shape index (κ1) is 23.1. The van der Waals surface area contributed by atoms with E-state index in [-0.39, 0.29) is 17.0 Å². The first-order valence-electron chi connectivity index (χ1n) is 9.84. The van der Waals surface area contributed by atoms with Crippen molar-refractivity contribution in [3.8, 4) is 17.2 Å². The summed E-state index contributed by atoms with van der Waals surface area (Å²) in [5, 5.41) is 2.73. The summed E-state index contributed by atoms with van der Waals surface area (Å²) < 4.78 is 15.7. The van der Waals surface area contributed by atoms with Crippen LogP contribution in [0.25, 0.3) is 0 Å². The molecule has 0 radical (unpaired) electrons. The van der Waals surface area contributed by atoms with Crippen molar-refractivity contribution >= 4 is 23.4 Å². The number of ether oxygens (including phenoxy) is 3. The third-order valence-corrected chi connectivity index (χ3v) is 4.64. The molecule has 3 aromatic carbocycles. The van der Waals surface area contributed by atoms with E-state index < -0.39 is 11.8 Å². The molecule has 9 heteroatoms. The molecule has 0 aliphatic heterocycles. The molecule has 0 spiro atoms. The molecular weight excluding hydrogens is 426 g/mol. The quantitative estimate of drug-likeness (QED) is 0.478. The highest BCUT2D eigenvalue weighted by Crippen LogP contribution is 2.38. The molecular formula is C24H23N3O6. The Morgan fingerprint density at radius 1 is 0.606 bits per heavy atom. The van der Waals surface area contributed by atoms with Crippen LogP contribution in [0.2, 0.25) is 0 Å². The number of carbonyl (C=O) groups is 3. The Morgan fingerprint density at radius 2 is 1.18 bits per heavy atom. The highest BCUT2D eigenvalue weighted by molar-refractivity contribution is 6.05. The van der Waals surface area contributed by atoms with Crippen molar-refractivity contribution in [2.24, 2.45) is 0 Å². The predicted octanol–water partition coefficient (Wildman–Crippen LogP) is 3.04. The zero-order valence-electron chi connectivity index (χ0n) is 18.3. The molecule has 0 saturated heterocycles. The van der Waals surface area contributed by atoms with Crippen LogP contribution in [-0.4, -0.2) is 39.1 Å². The summed E-state index contributed by atoms with van der Waals surface area (Å²) in [4.78, 5) is 37.4. The molecule has 33 heavy (non-hydrogen) atoms. The molecule has 0 unspecified atom stereocenters. The van der Waals surface area contributed by atoms with Crippen LogP contribution in [0.3, 0.4) is 0 Å². The van der Waals surface area contributed by atoms with Gasteiger partial charge in [0.1, 0.15) is 0 Å². The topological polar surface area (TPSA) is 115 Å². The first-order chi connectivity index (χ1) is 16.0. The number of rotatable bonds is 7. The Kier molecular flexibility index (Phi) is 7.48. The smallest absolute Gasteiger partial charge is 0.269 e. The Morgan fingerprint density at radius 3 is 1.76 bits per heavy atom. The fourth-order valence-corrected chi connectivity index (χ4v) is 3.00. The molecule has 0 saturated carbocycles. The van der Waals surface area contributed by atoms with Crippen LogP contribution in [0.4, 0.5) is 5.69 Å². The normalized spacial score (nSPS) is 10.0. The van der Waals surface area contributed by atoms with Crippen LogP contribution in [-0.2, 0) is 0 Å². The van der Waals surface area contributed by atoms with E-state index in [4.69, 9.17) is 14.2 Å². The molecule has 170 valence electrons. The molecule has 0 heterocycles. The maximum absolute atomic E-state index is 12.6. The number of nitrogens with one attached hydrogen (secondary N) is 3. The molecule has 3 N–H and O–H groups in total. The lowest BCUT2D eigenvalue weighted by Gasteiger charge is -2.14. The number of carbonyl (C=O) groups excluding carboxylic acids is 3. The van der Waals surface area contributed by atoms with E-state index in [1.54, 1.807) is 42.5 Å². The van der Waals surface area contributed by atoms with Gasteiger partial charge in [-0.3, -0.25) is 25.2 Å². The van der Waals surface area contributed by atoms with Crippen molar-refractivity contribution in [3.05, 3.63) is 83.4 Å². The van der Waals surface area contributed by atoms with Gasteiger partial charge >= 0.3 is 0 Å². The van der Waals surface area contributed by atoms with Gasteiger partial charge in [-0.1, -0.05) is 24.3 Å². The number of anilines is 1. The van der Waals surface area contributed by atoms with Gasteiger partial charge in [0.05, 0.1) is 21.3 Å². The summed E-state index contributed by atoms with van der Waals surface area (Å²) in [7, 11) is 4.32. The van der Waals surface area contributed by atoms with Crippen LogP contribution in [0.5, 0.6) is 17.2 Å². The number of methoxy groups -OCH3 is 3. The van der Waals surface area contributed by atoms with Crippen LogP contribution >= 0.6 is 0 Å². The Labute approximate surface area is 190 Å². The second-order valence-corrected chi connectivity index (χ2v) is 6.72. The highest BCUT2D eigenvalue weighted by Gasteiger charge is 2.18. The largest absolute Gasteiger partial charge is 0.493 e. The van der Waals surface area contributed by atoms with E-state index in [9.17, 15) is 14.4 Å². The van der Waals surface area contributed by atoms with Gasteiger partial charge in [-0.25, -0.2) is 0 Å². The fraction of sp³-hybridized carbons (Fsp3) is 0.125. The molecule has 3 amide bonds. The van der Waals surface area contributed by atoms with Crippen molar-refractivity contribution in [2.75, 3.05) is 26.6 Å². The number of amides is 3. The average molecular weight is 449 g/mol. The van der Waals surface area contributed by atoms with E-state index in [1.807, 2.05) is 6.07 Å². The van der Waals surface area contributed by atoms with E-state index >= 15 is 0 Å². The second-order valence-electron chi connectivity index (χ2n) is 6.72. The Hall–Kier alpha value is -4.53. The van der Waals surface area contributed by atoms with Gasteiger partial charge in [-0.2, -0.15) is 0 Å². The molecule has 0 aliphatic rings. The lowest BCUT2D eigenvalue weighted by atomic mass is 10.1. The fourth-order valence-electron chi connectivity index (χ4n) is 3.00. The monoisotopic (exact) mass is 449 g/mol. The van der Waals surface area contributed by atoms with Crippen LogP contribution < -0.4 is 30.4 Å². The molecule has 0 atom stereocenters. The zero-order chi connectivity index (χ0) is 23.8. The van der Waals surface area contributed by atoms with E-state index in [0.717, 1.165) is 0 Å². The van der Waals surface area contributed by atoms with Gasteiger partial charge in [-0.05, 0) is 42.5 Å². The first-order valence-corrected chi connectivity index (χ1v) is 9.84. The molecule has 9 nitrogen and oxygen atoms in total. The summed E-state index contributed by atoms with van der Waals surface area (Å²) in [5.41, 5.74) is 6.05.